The average Bonchev–Trinajstić information content (AvgIpc) is 2.18. The lowest BCUT2D eigenvalue weighted by molar-refractivity contribution is 0.583. The standard InChI is InChI=1S/C12H18BrNO2S/c1-10(2)9-17(15,16)8-7-14-12-5-3-11(13)4-6-12/h3-6,10,14H,7-9H2,1-2H3. The topological polar surface area (TPSA) is 46.2 Å². The summed E-state index contributed by atoms with van der Waals surface area (Å²) in [5.74, 6) is 0.628. The number of rotatable bonds is 6. The van der Waals surface area contributed by atoms with E-state index in [1.807, 2.05) is 38.1 Å². The molecule has 0 fully saturated rings. The van der Waals surface area contributed by atoms with Gasteiger partial charge in [0, 0.05) is 16.7 Å². The highest BCUT2D eigenvalue weighted by molar-refractivity contribution is 9.10. The molecule has 0 amide bonds. The Morgan fingerprint density at radius 2 is 1.82 bits per heavy atom. The van der Waals surface area contributed by atoms with Gasteiger partial charge in [-0.15, -0.1) is 0 Å². The van der Waals surface area contributed by atoms with Crippen LogP contribution in [0.4, 0.5) is 5.69 Å². The molecule has 0 radical (unpaired) electrons. The van der Waals surface area contributed by atoms with Crippen LogP contribution in [0.1, 0.15) is 13.8 Å². The van der Waals surface area contributed by atoms with Gasteiger partial charge in [-0.1, -0.05) is 29.8 Å². The summed E-state index contributed by atoms with van der Waals surface area (Å²) >= 11 is 3.35. The normalized spacial score (nSPS) is 11.8. The molecule has 0 aliphatic heterocycles. The van der Waals surface area contributed by atoms with E-state index in [0.717, 1.165) is 10.2 Å². The second kappa shape index (κ2) is 6.40. The van der Waals surface area contributed by atoms with Gasteiger partial charge in [0.2, 0.25) is 0 Å². The van der Waals surface area contributed by atoms with Crippen LogP contribution in [0.15, 0.2) is 28.7 Å². The molecule has 3 nitrogen and oxygen atoms in total. The van der Waals surface area contributed by atoms with Crippen molar-refractivity contribution in [3.8, 4) is 0 Å². The monoisotopic (exact) mass is 319 g/mol. The summed E-state index contributed by atoms with van der Waals surface area (Å²) in [5.41, 5.74) is 0.938. The van der Waals surface area contributed by atoms with Gasteiger partial charge in [0.25, 0.3) is 0 Å². The Kier molecular flexibility index (Phi) is 5.46. The Balaban J connectivity index is 2.40. The molecule has 1 aromatic rings. The molecule has 1 rings (SSSR count). The molecule has 96 valence electrons. The zero-order chi connectivity index (χ0) is 12.9. The van der Waals surface area contributed by atoms with E-state index in [9.17, 15) is 8.42 Å². The summed E-state index contributed by atoms with van der Waals surface area (Å²) in [6, 6.07) is 7.67. The third-order valence-electron chi connectivity index (χ3n) is 2.17. The van der Waals surface area contributed by atoms with Crippen LogP contribution in [0.2, 0.25) is 0 Å². The Labute approximate surface area is 112 Å². The minimum Gasteiger partial charge on any atom is -0.384 e. The fourth-order valence-corrected chi connectivity index (χ4v) is 3.37. The first-order valence-electron chi connectivity index (χ1n) is 5.59. The predicted octanol–water partition coefficient (Wildman–Crippen LogP) is 2.93. The van der Waals surface area contributed by atoms with Crippen molar-refractivity contribution in [1.82, 2.24) is 0 Å². The van der Waals surface area contributed by atoms with Crippen molar-refractivity contribution in [3.05, 3.63) is 28.7 Å². The van der Waals surface area contributed by atoms with E-state index < -0.39 is 9.84 Å². The van der Waals surface area contributed by atoms with Crippen molar-refractivity contribution in [2.45, 2.75) is 13.8 Å². The number of nitrogens with one attached hydrogen (secondary N) is 1. The van der Waals surface area contributed by atoms with Crippen LogP contribution in [-0.2, 0) is 9.84 Å². The minimum absolute atomic E-state index is 0.182. The van der Waals surface area contributed by atoms with Gasteiger partial charge in [0.1, 0.15) is 0 Å². The zero-order valence-corrected chi connectivity index (χ0v) is 12.5. The fraction of sp³-hybridized carbons (Fsp3) is 0.500. The maximum Gasteiger partial charge on any atom is 0.152 e. The van der Waals surface area contributed by atoms with Crippen LogP contribution < -0.4 is 5.32 Å². The lowest BCUT2D eigenvalue weighted by Gasteiger charge is -2.09. The average molecular weight is 320 g/mol. The number of benzene rings is 1. The molecule has 1 aromatic carbocycles. The highest BCUT2D eigenvalue weighted by atomic mass is 79.9. The van der Waals surface area contributed by atoms with Gasteiger partial charge >= 0.3 is 0 Å². The van der Waals surface area contributed by atoms with Gasteiger partial charge in [-0.2, -0.15) is 0 Å². The quantitative estimate of drug-likeness (QED) is 0.876. The van der Waals surface area contributed by atoms with Gasteiger partial charge in [-0.05, 0) is 30.2 Å². The van der Waals surface area contributed by atoms with Crippen molar-refractivity contribution in [3.63, 3.8) is 0 Å². The molecule has 17 heavy (non-hydrogen) atoms. The predicted molar refractivity (Wildman–Crippen MR) is 76.1 cm³/mol. The zero-order valence-electron chi connectivity index (χ0n) is 10.1. The van der Waals surface area contributed by atoms with Crippen LogP contribution >= 0.6 is 15.9 Å². The Morgan fingerprint density at radius 3 is 2.35 bits per heavy atom. The van der Waals surface area contributed by atoms with Gasteiger partial charge < -0.3 is 5.32 Å². The highest BCUT2D eigenvalue weighted by Crippen LogP contribution is 2.13. The summed E-state index contributed by atoms with van der Waals surface area (Å²) in [6.45, 7) is 4.29. The van der Waals surface area contributed by atoms with Crippen LogP contribution in [0.5, 0.6) is 0 Å². The molecule has 1 N–H and O–H groups in total. The van der Waals surface area contributed by atoms with Crippen molar-refractivity contribution in [2.75, 3.05) is 23.4 Å². The molecule has 0 aliphatic rings. The van der Waals surface area contributed by atoms with E-state index in [0.29, 0.717) is 6.54 Å². The fourth-order valence-electron chi connectivity index (χ4n) is 1.51. The summed E-state index contributed by atoms with van der Waals surface area (Å²) < 4.78 is 24.3. The molecule has 0 bridgehead atoms. The third-order valence-corrected chi connectivity index (χ3v) is 4.70. The van der Waals surface area contributed by atoms with E-state index in [-0.39, 0.29) is 17.4 Å². The number of anilines is 1. The lowest BCUT2D eigenvalue weighted by atomic mass is 10.3. The molecule has 0 saturated carbocycles. The number of halogens is 1. The Bertz CT molecular complexity index is 440. The smallest absolute Gasteiger partial charge is 0.152 e. The van der Waals surface area contributed by atoms with Crippen molar-refractivity contribution < 1.29 is 8.42 Å². The Morgan fingerprint density at radius 1 is 1.24 bits per heavy atom. The van der Waals surface area contributed by atoms with Gasteiger partial charge in [0.15, 0.2) is 9.84 Å². The second-order valence-corrected chi connectivity index (χ2v) is 7.59. The lowest BCUT2D eigenvalue weighted by Crippen LogP contribution is -2.20. The number of hydrogen-bond acceptors (Lipinski definition) is 3. The summed E-state index contributed by atoms with van der Waals surface area (Å²) in [6.07, 6.45) is 0. The van der Waals surface area contributed by atoms with Crippen molar-refractivity contribution in [1.29, 1.82) is 0 Å². The summed E-state index contributed by atoms with van der Waals surface area (Å²) in [5, 5.41) is 3.10. The molecule has 0 heterocycles. The molecule has 5 heteroatoms. The summed E-state index contributed by atoms with van der Waals surface area (Å²) in [4.78, 5) is 0. The van der Waals surface area contributed by atoms with Crippen LogP contribution in [0, 0.1) is 5.92 Å². The maximum atomic E-state index is 11.6. The second-order valence-electron chi connectivity index (χ2n) is 4.44. The van der Waals surface area contributed by atoms with Crippen LogP contribution in [-0.4, -0.2) is 26.5 Å². The number of hydrogen-bond donors (Lipinski definition) is 1. The van der Waals surface area contributed by atoms with E-state index in [1.165, 1.54) is 0 Å². The molecule has 0 atom stereocenters. The third kappa shape index (κ3) is 6.07. The molecular formula is C12H18BrNO2S. The van der Waals surface area contributed by atoms with Crippen LogP contribution in [0.25, 0.3) is 0 Å². The largest absolute Gasteiger partial charge is 0.384 e. The molecule has 0 aromatic heterocycles. The van der Waals surface area contributed by atoms with Gasteiger partial charge in [0.05, 0.1) is 11.5 Å². The first kappa shape index (κ1) is 14.5. The molecule has 0 unspecified atom stereocenters. The Hall–Kier alpha value is -0.550. The van der Waals surface area contributed by atoms with E-state index >= 15 is 0 Å². The van der Waals surface area contributed by atoms with Crippen LogP contribution in [0.3, 0.4) is 0 Å². The van der Waals surface area contributed by atoms with Gasteiger partial charge in [-0.25, -0.2) is 8.42 Å². The maximum absolute atomic E-state index is 11.6. The first-order valence-corrected chi connectivity index (χ1v) is 8.20. The first-order chi connectivity index (χ1) is 7.89. The van der Waals surface area contributed by atoms with E-state index in [1.54, 1.807) is 0 Å². The number of sulfone groups is 1. The van der Waals surface area contributed by atoms with E-state index in [2.05, 4.69) is 21.2 Å². The molecule has 0 saturated heterocycles. The van der Waals surface area contributed by atoms with Gasteiger partial charge in [-0.3, -0.25) is 0 Å². The molecule has 0 aliphatic carbocycles. The minimum atomic E-state index is -2.93. The van der Waals surface area contributed by atoms with Crippen molar-refractivity contribution in [2.24, 2.45) is 5.92 Å². The van der Waals surface area contributed by atoms with E-state index in [4.69, 9.17) is 0 Å². The SMILES string of the molecule is CC(C)CS(=O)(=O)CCNc1ccc(Br)cc1. The van der Waals surface area contributed by atoms with Crippen molar-refractivity contribution >= 4 is 31.5 Å². The molecule has 0 spiro atoms. The summed E-state index contributed by atoms with van der Waals surface area (Å²) in [7, 11) is -2.93. The highest BCUT2D eigenvalue weighted by Gasteiger charge is 2.12. The molecular weight excluding hydrogens is 302 g/mol.